The Hall–Kier alpha value is -4.05. The zero-order valence-electron chi connectivity index (χ0n) is 24.6. The summed E-state index contributed by atoms with van der Waals surface area (Å²) in [5.41, 5.74) is 7.21. The van der Waals surface area contributed by atoms with Gasteiger partial charge in [-0.1, -0.05) is 30.3 Å². The Morgan fingerprint density at radius 2 is 1.81 bits per heavy atom. The number of thiazole rings is 1. The number of fused-ring (bicyclic) bond motifs is 3. The number of rotatable bonds is 7. The van der Waals surface area contributed by atoms with Gasteiger partial charge < -0.3 is 22.7 Å². The zero-order chi connectivity index (χ0) is 30.4. The number of aryl methyl sites for hydroxylation is 3. The fourth-order valence-corrected chi connectivity index (χ4v) is 8.74. The number of hydrogen-bond acceptors (Lipinski definition) is 3. The van der Waals surface area contributed by atoms with Gasteiger partial charge in [-0.3, -0.25) is 9.20 Å². The third kappa shape index (κ3) is 4.21. The van der Waals surface area contributed by atoms with Crippen LogP contribution in [0.3, 0.4) is 0 Å². The zero-order valence-corrected chi connectivity index (χ0v) is 25.4. The number of halogens is 2. The van der Waals surface area contributed by atoms with Crippen molar-refractivity contribution in [1.29, 1.82) is 0 Å². The van der Waals surface area contributed by atoms with Crippen LogP contribution in [0.1, 0.15) is 88.0 Å². The molecule has 0 amide bonds. The van der Waals surface area contributed by atoms with Crippen molar-refractivity contribution >= 4 is 40.4 Å². The first-order valence-corrected chi connectivity index (χ1v) is 15.5. The number of nitrogens with zero attached hydrogens (tertiary/aromatic N) is 3. The molecule has 0 radical (unpaired) electrons. The standard InChI is InChI=1S/C33H32BF2N3O3S/c1-18-14-20(3)38-29(18)25(30-19(2)15-21(4)39(30)34(38,35)36)13-12-24-17-27(40)37-31(33(41)42)26(16-22-8-6-5-7-9-22)43-32(37)28(24)23-10-11-23/h5-9,14-15,17,23H,10-13,16H2,1-4H3,(H,41,42). The van der Waals surface area contributed by atoms with Gasteiger partial charge in [0.25, 0.3) is 5.56 Å². The van der Waals surface area contributed by atoms with Crippen molar-refractivity contribution in [3.63, 3.8) is 0 Å². The van der Waals surface area contributed by atoms with Crippen molar-refractivity contribution in [2.24, 2.45) is 0 Å². The van der Waals surface area contributed by atoms with Gasteiger partial charge in [0.1, 0.15) is 16.2 Å². The van der Waals surface area contributed by atoms with E-state index in [4.69, 9.17) is 0 Å². The molecule has 2 aliphatic heterocycles. The number of aromatic nitrogens is 2. The molecule has 4 aromatic rings. The lowest BCUT2D eigenvalue weighted by molar-refractivity contribution is -0.363. The van der Waals surface area contributed by atoms with Crippen LogP contribution >= 0.6 is 11.3 Å². The van der Waals surface area contributed by atoms with E-state index >= 15 is 8.63 Å². The summed E-state index contributed by atoms with van der Waals surface area (Å²) in [5, 5.41) is 10.2. The fraction of sp³-hybridized carbons (Fsp3) is 0.303. The quantitative estimate of drug-likeness (QED) is 0.234. The van der Waals surface area contributed by atoms with Crippen molar-refractivity contribution in [2.45, 2.75) is 65.7 Å². The van der Waals surface area contributed by atoms with E-state index in [0.29, 0.717) is 51.8 Å². The van der Waals surface area contributed by atoms with Crippen molar-refractivity contribution in [1.82, 2.24) is 8.88 Å². The van der Waals surface area contributed by atoms with Crippen LogP contribution in [-0.2, 0) is 12.8 Å². The number of carbonyl (C=O) groups is 1. The molecule has 1 fully saturated rings. The van der Waals surface area contributed by atoms with Crippen molar-refractivity contribution in [3.8, 4) is 0 Å². The van der Waals surface area contributed by atoms with Crippen molar-refractivity contribution < 1.29 is 23.0 Å². The van der Waals surface area contributed by atoms with E-state index in [9.17, 15) is 14.7 Å². The minimum absolute atomic E-state index is 0.0290. The average molecular weight is 600 g/mol. The molecule has 3 aliphatic rings. The molecule has 0 bridgehead atoms. The maximum Gasteiger partial charge on any atom is 0.737 e. The van der Waals surface area contributed by atoms with Gasteiger partial charge in [0.2, 0.25) is 0 Å². The average Bonchev–Trinajstić information content (AvgIpc) is 3.52. The molecular weight excluding hydrogens is 567 g/mol. The first-order chi connectivity index (χ1) is 20.5. The Morgan fingerprint density at radius 3 is 2.49 bits per heavy atom. The molecule has 220 valence electrons. The van der Waals surface area contributed by atoms with Crippen LogP contribution in [0.25, 0.3) is 10.4 Å². The first kappa shape index (κ1) is 27.8. The molecular formula is C33H32BF2N3O3S. The number of allylic oxidation sites excluding steroid dienone is 3. The highest BCUT2D eigenvalue weighted by Gasteiger charge is 2.54. The van der Waals surface area contributed by atoms with E-state index in [0.717, 1.165) is 46.2 Å². The van der Waals surface area contributed by atoms with E-state index in [1.165, 1.54) is 24.7 Å². The highest BCUT2D eigenvalue weighted by molar-refractivity contribution is 7.18. The van der Waals surface area contributed by atoms with E-state index < -0.39 is 12.9 Å². The minimum Gasteiger partial charge on any atom is -0.477 e. The molecule has 43 heavy (non-hydrogen) atoms. The van der Waals surface area contributed by atoms with Crippen molar-refractivity contribution in [2.75, 3.05) is 0 Å². The second kappa shape index (κ2) is 9.74. The van der Waals surface area contributed by atoms with Gasteiger partial charge in [-0.15, -0.1) is 11.3 Å². The van der Waals surface area contributed by atoms with E-state index in [2.05, 4.69) is 0 Å². The molecule has 0 saturated heterocycles. The minimum atomic E-state index is -4.04. The highest BCUT2D eigenvalue weighted by atomic mass is 32.1. The van der Waals surface area contributed by atoms with E-state index in [1.54, 1.807) is 19.9 Å². The lowest BCUT2D eigenvalue weighted by Gasteiger charge is -2.34. The number of carboxylic acid groups (broad SMARTS) is 1. The maximum absolute atomic E-state index is 16.0. The molecule has 7 rings (SSSR count). The summed E-state index contributed by atoms with van der Waals surface area (Å²) in [6.07, 6.45) is 5.17. The second-order valence-corrected chi connectivity index (χ2v) is 13.2. The van der Waals surface area contributed by atoms with Crippen LogP contribution in [0.5, 0.6) is 0 Å². The van der Waals surface area contributed by atoms with E-state index in [1.807, 2.05) is 56.3 Å². The van der Waals surface area contributed by atoms with Gasteiger partial charge in [0, 0.05) is 47.2 Å². The molecule has 10 heteroatoms. The van der Waals surface area contributed by atoms with Crippen LogP contribution in [-0.4, -0.2) is 37.1 Å². The monoisotopic (exact) mass is 599 g/mol. The summed E-state index contributed by atoms with van der Waals surface area (Å²) in [6.45, 7) is 3.17. The van der Waals surface area contributed by atoms with Gasteiger partial charge >= 0.3 is 12.9 Å². The summed E-state index contributed by atoms with van der Waals surface area (Å²) >= 11 is 1.39. The van der Waals surface area contributed by atoms with Gasteiger partial charge in [-0.05, 0) is 86.4 Å². The summed E-state index contributed by atoms with van der Waals surface area (Å²) in [7, 11) is 0. The van der Waals surface area contributed by atoms with Gasteiger partial charge in [-0.25, -0.2) is 4.79 Å². The summed E-state index contributed by atoms with van der Waals surface area (Å²) in [5.74, 6) is -0.868. The van der Waals surface area contributed by atoms with Crippen LogP contribution in [0.4, 0.5) is 8.63 Å². The van der Waals surface area contributed by atoms with Crippen LogP contribution in [0.2, 0.25) is 0 Å². The molecule has 1 aliphatic carbocycles. The summed E-state index contributed by atoms with van der Waals surface area (Å²) in [4.78, 5) is 27.5. The topological polar surface area (TPSA) is 66.7 Å². The van der Waals surface area contributed by atoms with Gasteiger partial charge in [-0.2, -0.15) is 0 Å². The number of pyridine rings is 1. The summed E-state index contributed by atoms with van der Waals surface area (Å²) in [6, 6.07) is 13.1. The second-order valence-electron chi connectivity index (χ2n) is 12.1. The Kier molecular flexibility index (Phi) is 6.29. The number of carboxylic acids is 1. The number of aromatic carboxylic acids is 1. The Morgan fingerprint density at radius 1 is 1.09 bits per heavy atom. The van der Waals surface area contributed by atoms with E-state index in [-0.39, 0.29) is 17.2 Å². The molecule has 1 aromatic carbocycles. The molecule has 0 atom stereocenters. The molecule has 1 N–H and O–H groups in total. The molecule has 5 heterocycles. The Balaban J connectivity index is 1.37. The van der Waals surface area contributed by atoms with Gasteiger partial charge in [0.15, 0.2) is 5.70 Å². The lowest BCUT2D eigenvalue weighted by Crippen LogP contribution is -2.51. The molecule has 0 unspecified atom stereocenters. The maximum atomic E-state index is 16.0. The third-order valence-corrected chi connectivity index (χ3v) is 10.3. The SMILES string of the molecule is CC1=CC(C)=[N+]2C1=C(CCc1cc(=O)n3c(C(=O)O)c(Cc4ccccc4)sc3c1C1CC1)c1c(C)cc(C)n1[B-]2(F)F. The molecule has 6 nitrogen and oxygen atoms in total. The first-order valence-electron chi connectivity index (χ1n) is 14.7. The van der Waals surface area contributed by atoms with Crippen LogP contribution < -0.4 is 5.56 Å². The van der Waals surface area contributed by atoms with Crippen LogP contribution in [0, 0.1) is 13.8 Å². The largest absolute Gasteiger partial charge is 0.737 e. The molecule has 3 aromatic heterocycles. The highest BCUT2D eigenvalue weighted by Crippen LogP contribution is 2.47. The Labute approximate surface area is 252 Å². The summed E-state index contributed by atoms with van der Waals surface area (Å²) < 4.78 is 35.9. The lowest BCUT2D eigenvalue weighted by atomic mass is 9.84. The number of benzene rings is 1. The Bertz CT molecular complexity index is 2030. The third-order valence-electron chi connectivity index (χ3n) is 9.08. The fourth-order valence-electron chi connectivity index (χ4n) is 7.31. The van der Waals surface area contributed by atoms with Gasteiger partial charge in [0.05, 0.1) is 0 Å². The van der Waals surface area contributed by atoms with Crippen molar-refractivity contribution in [3.05, 3.63) is 114 Å². The normalized spacial score (nSPS) is 17.5. The molecule has 0 spiro atoms. The predicted molar refractivity (Wildman–Crippen MR) is 167 cm³/mol. The van der Waals surface area contributed by atoms with Crippen LogP contribution in [0.15, 0.2) is 64.6 Å². The smallest absolute Gasteiger partial charge is 0.477 e. The molecule has 1 saturated carbocycles. The predicted octanol–water partition coefficient (Wildman–Crippen LogP) is 6.96. The number of hydrogen-bond donors (Lipinski definition) is 1.